The third-order valence-electron chi connectivity index (χ3n) is 6.23. The third kappa shape index (κ3) is 4.66. The molecule has 1 fully saturated rings. The summed E-state index contributed by atoms with van der Waals surface area (Å²) in [5.41, 5.74) is 3.26. The zero-order chi connectivity index (χ0) is 26.1. The molecular formula is C24H21ClN12O. The molecule has 1 amide bonds. The van der Waals surface area contributed by atoms with Crippen LogP contribution in [0.2, 0.25) is 5.02 Å². The van der Waals surface area contributed by atoms with Crippen molar-refractivity contribution in [3.05, 3.63) is 78.0 Å². The van der Waals surface area contributed by atoms with E-state index in [1.807, 2.05) is 19.3 Å². The van der Waals surface area contributed by atoms with Crippen LogP contribution in [0.15, 0.2) is 61.7 Å². The molecule has 190 valence electrons. The van der Waals surface area contributed by atoms with Crippen LogP contribution in [0, 0.1) is 0 Å². The lowest BCUT2D eigenvalue weighted by Gasteiger charge is -2.30. The predicted octanol–water partition coefficient (Wildman–Crippen LogP) is 2.83. The molecule has 0 bridgehead atoms. The zero-order valence-corrected chi connectivity index (χ0v) is 20.9. The summed E-state index contributed by atoms with van der Waals surface area (Å²) in [5, 5.41) is 19.0. The van der Waals surface area contributed by atoms with Gasteiger partial charge in [0.15, 0.2) is 0 Å². The number of amides is 1. The quantitative estimate of drug-likeness (QED) is 0.334. The highest BCUT2D eigenvalue weighted by Crippen LogP contribution is 2.28. The highest BCUT2D eigenvalue weighted by Gasteiger charge is 2.19. The summed E-state index contributed by atoms with van der Waals surface area (Å²) >= 11 is 6.23. The molecule has 0 saturated carbocycles. The molecule has 1 saturated heterocycles. The van der Waals surface area contributed by atoms with Crippen molar-refractivity contribution in [2.45, 2.75) is 19.4 Å². The maximum absolute atomic E-state index is 13.0. The average molecular weight is 529 g/mol. The van der Waals surface area contributed by atoms with Crippen molar-refractivity contribution in [3.8, 4) is 16.9 Å². The van der Waals surface area contributed by atoms with E-state index in [-0.39, 0.29) is 11.7 Å². The number of hydrogen-bond acceptors (Lipinski definition) is 10. The second kappa shape index (κ2) is 9.94. The van der Waals surface area contributed by atoms with E-state index in [9.17, 15) is 4.79 Å². The van der Waals surface area contributed by atoms with Crippen LogP contribution >= 0.6 is 11.6 Å². The van der Waals surface area contributed by atoms with Gasteiger partial charge in [0.1, 0.15) is 12.0 Å². The van der Waals surface area contributed by atoms with Crippen molar-refractivity contribution in [1.82, 2.24) is 49.9 Å². The number of halogens is 1. The van der Waals surface area contributed by atoms with E-state index in [0.29, 0.717) is 27.7 Å². The topological polar surface area (TPSA) is 145 Å². The molecule has 14 heteroatoms. The van der Waals surface area contributed by atoms with Crippen molar-refractivity contribution < 1.29 is 4.79 Å². The van der Waals surface area contributed by atoms with E-state index in [1.165, 1.54) is 23.6 Å². The number of anilines is 2. The molecule has 1 atom stereocenters. The van der Waals surface area contributed by atoms with Gasteiger partial charge in [0.25, 0.3) is 5.91 Å². The first-order valence-electron chi connectivity index (χ1n) is 11.8. The third-order valence-corrected chi connectivity index (χ3v) is 6.47. The average Bonchev–Trinajstić information content (AvgIpc) is 3.61. The number of hydrogen-bond donors (Lipinski definition) is 1. The molecule has 0 spiro atoms. The zero-order valence-electron chi connectivity index (χ0n) is 20.2. The molecule has 5 aromatic rings. The van der Waals surface area contributed by atoms with E-state index >= 15 is 0 Å². The second-order valence-electron chi connectivity index (χ2n) is 8.70. The van der Waals surface area contributed by atoms with Crippen LogP contribution in [0.4, 0.5) is 11.6 Å². The van der Waals surface area contributed by atoms with Gasteiger partial charge in [0.05, 0.1) is 41.7 Å². The molecule has 1 unspecified atom stereocenters. The first kappa shape index (κ1) is 23.6. The number of aromatic nitrogens is 10. The lowest BCUT2D eigenvalue weighted by atomic mass is 10.1. The van der Waals surface area contributed by atoms with Gasteiger partial charge in [0.2, 0.25) is 5.95 Å². The fourth-order valence-electron chi connectivity index (χ4n) is 3.98. The molecule has 1 N–H and O–H groups in total. The van der Waals surface area contributed by atoms with Crippen molar-refractivity contribution in [1.29, 1.82) is 0 Å². The molecule has 6 rings (SSSR count). The van der Waals surface area contributed by atoms with Gasteiger partial charge < -0.3 is 10.2 Å². The summed E-state index contributed by atoms with van der Waals surface area (Å²) in [6.45, 7) is 3.97. The van der Waals surface area contributed by atoms with Gasteiger partial charge >= 0.3 is 0 Å². The normalized spacial score (nSPS) is 13.7. The number of nitrogens with zero attached hydrogens (tertiary/aromatic N) is 11. The lowest BCUT2D eigenvalue weighted by molar-refractivity contribution is 0.102. The van der Waals surface area contributed by atoms with E-state index in [2.05, 4.69) is 50.8 Å². The summed E-state index contributed by atoms with van der Waals surface area (Å²) in [6, 6.07) is 5.08. The molecule has 38 heavy (non-hydrogen) atoms. The fourth-order valence-corrected chi connectivity index (χ4v) is 4.15. The first-order chi connectivity index (χ1) is 18.5. The van der Waals surface area contributed by atoms with E-state index in [1.54, 1.807) is 41.5 Å². The molecule has 1 aromatic carbocycles. The number of nitrogens with one attached hydrogen (secondary N) is 1. The van der Waals surface area contributed by atoms with Crippen LogP contribution in [-0.2, 0) is 0 Å². The van der Waals surface area contributed by atoms with Gasteiger partial charge in [-0.05, 0) is 42.0 Å². The molecule has 1 aliphatic rings. The Morgan fingerprint density at radius 3 is 2.68 bits per heavy atom. The van der Waals surface area contributed by atoms with Gasteiger partial charge in [-0.15, -0.1) is 5.10 Å². The fraction of sp³-hybridized carbons (Fsp3) is 0.208. The van der Waals surface area contributed by atoms with Gasteiger partial charge in [0, 0.05) is 47.8 Å². The predicted molar refractivity (Wildman–Crippen MR) is 138 cm³/mol. The number of rotatable bonds is 7. The minimum Gasteiger partial charge on any atom is -0.341 e. The van der Waals surface area contributed by atoms with Gasteiger partial charge in [-0.25, -0.2) is 15.0 Å². The van der Waals surface area contributed by atoms with Crippen LogP contribution in [-0.4, -0.2) is 68.9 Å². The highest BCUT2D eigenvalue weighted by atomic mass is 35.5. The largest absolute Gasteiger partial charge is 0.341 e. The molecule has 0 radical (unpaired) electrons. The van der Waals surface area contributed by atoms with Crippen LogP contribution in [0.1, 0.15) is 35.4 Å². The van der Waals surface area contributed by atoms with Crippen molar-refractivity contribution in [2.24, 2.45) is 0 Å². The van der Waals surface area contributed by atoms with E-state index in [4.69, 9.17) is 11.6 Å². The Bertz CT molecular complexity index is 1580. The van der Waals surface area contributed by atoms with Crippen LogP contribution in [0.25, 0.3) is 16.9 Å². The Morgan fingerprint density at radius 2 is 1.95 bits per heavy atom. The Morgan fingerprint density at radius 1 is 1.11 bits per heavy atom. The Kier molecular flexibility index (Phi) is 6.17. The van der Waals surface area contributed by atoms with Crippen LogP contribution < -0.4 is 10.2 Å². The Balaban J connectivity index is 1.19. The minimum atomic E-state index is -0.431. The highest BCUT2D eigenvalue weighted by molar-refractivity contribution is 6.31. The van der Waals surface area contributed by atoms with Crippen LogP contribution in [0.5, 0.6) is 0 Å². The van der Waals surface area contributed by atoms with Gasteiger partial charge in [-0.2, -0.15) is 9.78 Å². The SMILES string of the molecule is CC(c1cnc(N2CCC2)nc1)n1cc(NC(=O)c2cncc(-c3cc(Cl)ccc3-n3cnnn3)n2)cn1. The minimum absolute atomic E-state index is 0.123. The maximum Gasteiger partial charge on any atom is 0.275 e. The van der Waals surface area contributed by atoms with Crippen molar-refractivity contribution in [2.75, 3.05) is 23.3 Å². The first-order valence-corrected chi connectivity index (χ1v) is 12.2. The van der Waals surface area contributed by atoms with Crippen molar-refractivity contribution >= 4 is 29.1 Å². The van der Waals surface area contributed by atoms with E-state index in [0.717, 1.165) is 24.6 Å². The second-order valence-corrected chi connectivity index (χ2v) is 9.14. The van der Waals surface area contributed by atoms with E-state index < -0.39 is 5.91 Å². The van der Waals surface area contributed by atoms with Crippen LogP contribution in [0.3, 0.4) is 0 Å². The molecule has 0 aliphatic carbocycles. The standard InChI is InChI=1S/C24H21ClN12O/c1-15(16-8-27-24(28-9-16)35-5-2-6-35)36-13-18(10-30-36)31-23(38)21-12-26-11-20(32-21)19-7-17(25)3-4-22(19)37-14-29-33-34-37/h3-4,7-15H,2,5-6H2,1H3,(H,31,38). The Hall–Kier alpha value is -4.78. The summed E-state index contributed by atoms with van der Waals surface area (Å²) in [7, 11) is 0. The number of carbonyl (C=O) groups excluding carboxylic acids is 1. The van der Waals surface area contributed by atoms with Gasteiger partial charge in [-0.1, -0.05) is 11.6 Å². The summed E-state index contributed by atoms with van der Waals surface area (Å²) < 4.78 is 3.23. The smallest absolute Gasteiger partial charge is 0.275 e. The molecule has 1 aliphatic heterocycles. The molecule has 5 heterocycles. The number of carbonyl (C=O) groups is 1. The summed E-state index contributed by atoms with van der Waals surface area (Å²) in [6.07, 6.45) is 12.5. The molecular weight excluding hydrogens is 508 g/mol. The summed E-state index contributed by atoms with van der Waals surface area (Å²) in [5.74, 6) is 0.312. The van der Waals surface area contributed by atoms with Crippen molar-refractivity contribution in [3.63, 3.8) is 0 Å². The lowest BCUT2D eigenvalue weighted by Crippen LogP contribution is -2.38. The maximum atomic E-state index is 13.0. The molecule has 13 nitrogen and oxygen atoms in total. The summed E-state index contributed by atoms with van der Waals surface area (Å²) in [4.78, 5) is 32.8. The number of tetrazole rings is 1. The monoisotopic (exact) mass is 528 g/mol. The Labute approximate surface area is 221 Å². The molecule has 4 aromatic heterocycles. The van der Waals surface area contributed by atoms with Gasteiger partial charge in [-0.3, -0.25) is 14.5 Å². The number of benzene rings is 1.